The molecule has 3 heterocycles. The van der Waals surface area contributed by atoms with Gasteiger partial charge in [-0.05, 0) is 77.3 Å². The Kier molecular flexibility index (Phi) is 7.69. The van der Waals surface area contributed by atoms with Crippen molar-refractivity contribution in [3.8, 4) is 0 Å². The molecule has 35 heavy (non-hydrogen) atoms. The van der Waals surface area contributed by atoms with E-state index in [2.05, 4.69) is 21.7 Å². The number of halogens is 1. The number of aryl methyl sites for hydroxylation is 1. The number of fused-ring (bicyclic) bond motifs is 1. The number of H-pyrrole nitrogens is 1. The maximum absolute atomic E-state index is 13.5. The Morgan fingerprint density at radius 3 is 2.54 bits per heavy atom. The van der Waals surface area contributed by atoms with Crippen LogP contribution in [-0.4, -0.2) is 91.4 Å². The summed E-state index contributed by atoms with van der Waals surface area (Å²) in [5.41, 5.74) is 5.53. The molecule has 1 saturated heterocycles. The zero-order chi connectivity index (χ0) is 25.3. The smallest absolute Gasteiger partial charge is 0.259 e. The third-order valence-corrected chi connectivity index (χ3v) is 7.32. The van der Waals surface area contributed by atoms with Gasteiger partial charge in [-0.1, -0.05) is 18.5 Å². The zero-order valence-electron chi connectivity index (χ0n) is 21.4. The molecule has 0 radical (unpaired) electrons. The summed E-state index contributed by atoms with van der Waals surface area (Å²) in [6.07, 6.45) is 2.76. The Bertz CT molecular complexity index is 1140. The average molecular weight is 498 g/mol. The van der Waals surface area contributed by atoms with Gasteiger partial charge in [0.15, 0.2) is 0 Å². The Morgan fingerprint density at radius 2 is 1.89 bits per heavy atom. The normalized spacial score (nSPS) is 17.7. The minimum Gasteiger partial charge on any atom is -0.358 e. The number of aromatic amines is 1. The molecule has 0 spiro atoms. The van der Waals surface area contributed by atoms with Gasteiger partial charge in [-0.2, -0.15) is 0 Å². The molecule has 2 aliphatic heterocycles. The highest BCUT2D eigenvalue weighted by Gasteiger charge is 2.33. The number of benzene rings is 1. The SMILES string of the molecule is CCN1CCN(C(=O)c2c(C)[nH]c(/C=C3\C(=O)N(CCCN(C)C)c4ccc(Cl)cc43)c2C)CC1. The summed E-state index contributed by atoms with van der Waals surface area (Å²) in [5, 5.41) is 0.596. The molecular weight excluding hydrogens is 462 g/mol. The van der Waals surface area contributed by atoms with Crippen molar-refractivity contribution in [2.24, 2.45) is 0 Å². The van der Waals surface area contributed by atoms with E-state index in [4.69, 9.17) is 11.6 Å². The van der Waals surface area contributed by atoms with Gasteiger partial charge < -0.3 is 24.6 Å². The van der Waals surface area contributed by atoms with E-state index >= 15 is 0 Å². The van der Waals surface area contributed by atoms with Crippen LogP contribution in [0.4, 0.5) is 5.69 Å². The van der Waals surface area contributed by atoms with Crippen molar-refractivity contribution in [2.45, 2.75) is 27.2 Å². The zero-order valence-corrected chi connectivity index (χ0v) is 22.2. The van der Waals surface area contributed by atoms with Crippen LogP contribution >= 0.6 is 11.6 Å². The number of nitrogens with one attached hydrogen (secondary N) is 1. The van der Waals surface area contributed by atoms with Gasteiger partial charge in [-0.25, -0.2) is 0 Å². The lowest BCUT2D eigenvalue weighted by Crippen LogP contribution is -2.48. The lowest BCUT2D eigenvalue weighted by atomic mass is 10.0. The summed E-state index contributed by atoms with van der Waals surface area (Å²) in [6, 6.07) is 5.61. The van der Waals surface area contributed by atoms with Crippen LogP contribution < -0.4 is 4.90 Å². The van der Waals surface area contributed by atoms with Gasteiger partial charge in [-0.3, -0.25) is 9.59 Å². The maximum Gasteiger partial charge on any atom is 0.259 e. The molecule has 1 aromatic heterocycles. The largest absolute Gasteiger partial charge is 0.358 e. The fourth-order valence-corrected chi connectivity index (χ4v) is 5.22. The van der Waals surface area contributed by atoms with Crippen molar-refractivity contribution in [3.05, 3.63) is 51.3 Å². The topological polar surface area (TPSA) is 62.9 Å². The Hall–Kier alpha value is -2.61. The number of amides is 2. The van der Waals surface area contributed by atoms with Gasteiger partial charge >= 0.3 is 0 Å². The minimum absolute atomic E-state index is 0.0313. The van der Waals surface area contributed by atoms with Crippen LogP contribution in [0.15, 0.2) is 18.2 Å². The first-order chi connectivity index (χ1) is 16.7. The molecule has 8 heteroatoms. The van der Waals surface area contributed by atoms with E-state index in [0.29, 0.717) is 22.7 Å². The summed E-state index contributed by atoms with van der Waals surface area (Å²) in [4.78, 5) is 38.5. The van der Waals surface area contributed by atoms with Crippen LogP contribution in [0.5, 0.6) is 0 Å². The molecule has 2 aromatic rings. The van der Waals surface area contributed by atoms with Crippen molar-refractivity contribution in [1.29, 1.82) is 0 Å². The van der Waals surface area contributed by atoms with E-state index in [0.717, 1.165) is 73.9 Å². The molecule has 0 aliphatic carbocycles. The van der Waals surface area contributed by atoms with Gasteiger partial charge in [0.05, 0.1) is 16.8 Å². The van der Waals surface area contributed by atoms with Crippen LogP contribution in [-0.2, 0) is 4.79 Å². The van der Waals surface area contributed by atoms with Crippen LogP contribution in [0.25, 0.3) is 11.6 Å². The van der Waals surface area contributed by atoms with Gasteiger partial charge in [-0.15, -0.1) is 0 Å². The second-order valence-corrected chi connectivity index (χ2v) is 10.2. The fraction of sp³-hybridized carbons (Fsp3) is 0.481. The van der Waals surface area contributed by atoms with Crippen LogP contribution in [0.2, 0.25) is 5.02 Å². The van der Waals surface area contributed by atoms with Crippen molar-refractivity contribution in [2.75, 3.05) is 64.8 Å². The molecule has 4 rings (SSSR count). The lowest BCUT2D eigenvalue weighted by molar-refractivity contribution is -0.113. The van der Waals surface area contributed by atoms with E-state index in [1.165, 1.54) is 0 Å². The van der Waals surface area contributed by atoms with Gasteiger partial charge in [0, 0.05) is 54.7 Å². The van der Waals surface area contributed by atoms with Crippen molar-refractivity contribution >= 4 is 40.8 Å². The summed E-state index contributed by atoms with van der Waals surface area (Å²) in [6.45, 7) is 11.9. The van der Waals surface area contributed by atoms with Gasteiger partial charge in [0.25, 0.3) is 11.8 Å². The van der Waals surface area contributed by atoms with Crippen LogP contribution in [0.1, 0.15) is 46.2 Å². The molecule has 1 fully saturated rings. The fourth-order valence-electron chi connectivity index (χ4n) is 5.04. The molecule has 2 aliphatic rings. The predicted molar refractivity (Wildman–Crippen MR) is 143 cm³/mol. The molecule has 0 bridgehead atoms. The lowest BCUT2D eigenvalue weighted by Gasteiger charge is -2.34. The Morgan fingerprint density at radius 1 is 1.17 bits per heavy atom. The monoisotopic (exact) mass is 497 g/mol. The molecule has 0 saturated carbocycles. The Balaban J connectivity index is 1.64. The molecule has 188 valence electrons. The first-order valence-electron chi connectivity index (χ1n) is 12.4. The third kappa shape index (κ3) is 5.17. The molecular formula is C27H36ClN5O2. The first kappa shape index (κ1) is 25.5. The first-order valence-corrected chi connectivity index (χ1v) is 12.8. The van der Waals surface area contributed by atoms with Crippen molar-refractivity contribution < 1.29 is 9.59 Å². The molecule has 0 unspecified atom stereocenters. The second kappa shape index (κ2) is 10.6. The average Bonchev–Trinajstić information content (AvgIpc) is 3.25. The number of piperazine rings is 1. The molecule has 1 N–H and O–H groups in total. The Labute approximate surface area is 213 Å². The quantitative estimate of drug-likeness (QED) is 0.589. The highest BCUT2D eigenvalue weighted by atomic mass is 35.5. The summed E-state index contributed by atoms with van der Waals surface area (Å²) >= 11 is 6.32. The number of aromatic nitrogens is 1. The molecule has 1 aromatic carbocycles. The van der Waals surface area contributed by atoms with Crippen LogP contribution in [0, 0.1) is 13.8 Å². The van der Waals surface area contributed by atoms with E-state index in [-0.39, 0.29) is 11.8 Å². The van der Waals surface area contributed by atoms with E-state index in [9.17, 15) is 9.59 Å². The number of carbonyl (C=O) groups is 2. The number of likely N-dealkylation sites (N-methyl/N-ethyl adjacent to an activating group) is 1. The number of carbonyl (C=O) groups excluding carboxylic acids is 2. The maximum atomic E-state index is 13.5. The summed E-state index contributed by atoms with van der Waals surface area (Å²) < 4.78 is 0. The molecule has 2 amide bonds. The van der Waals surface area contributed by atoms with Crippen LogP contribution in [0.3, 0.4) is 0 Å². The molecule has 7 nitrogen and oxygen atoms in total. The second-order valence-electron chi connectivity index (χ2n) is 9.72. The number of hydrogen-bond donors (Lipinski definition) is 1. The minimum atomic E-state index is -0.0313. The third-order valence-electron chi connectivity index (χ3n) is 7.09. The van der Waals surface area contributed by atoms with Gasteiger partial charge in [0.1, 0.15) is 0 Å². The number of hydrogen-bond acceptors (Lipinski definition) is 4. The summed E-state index contributed by atoms with van der Waals surface area (Å²) in [7, 11) is 4.06. The van der Waals surface area contributed by atoms with Crippen molar-refractivity contribution in [1.82, 2.24) is 19.7 Å². The number of anilines is 1. The van der Waals surface area contributed by atoms with E-state index in [1.807, 2.05) is 62.0 Å². The number of nitrogens with zero attached hydrogens (tertiary/aromatic N) is 4. The highest BCUT2D eigenvalue weighted by Crippen LogP contribution is 2.40. The number of rotatable bonds is 7. The highest BCUT2D eigenvalue weighted by molar-refractivity contribution is 6.37. The van der Waals surface area contributed by atoms with Gasteiger partial charge in [0.2, 0.25) is 0 Å². The van der Waals surface area contributed by atoms with Crippen molar-refractivity contribution in [3.63, 3.8) is 0 Å². The standard InChI is InChI=1S/C27H36ClN5O2/c1-6-31-12-14-32(15-13-31)27(35)25-18(2)23(29-19(25)3)17-22-21-16-20(28)8-9-24(21)33(26(22)34)11-7-10-30(4)5/h8-9,16-17,29H,6-7,10-15H2,1-5H3/b22-17-. The summed E-state index contributed by atoms with van der Waals surface area (Å²) in [5.74, 6) is 0.0272. The van der Waals surface area contributed by atoms with E-state index < -0.39 is 0 Å². The van der Waals surface area contributed by atoms with E-state index in [1.54, 1.807) is 0 Å². The predicted octanol–water partition coefficient (Wildman–Crippen LogP) is 3.90. The molecule has 0 atom stereocenters.